The van der Waals surface area contributed by atoms with Gasteiger partial charge in [0.25, 0.3) is 0 Å². The third-order valence-corrected chi connectivity index (χ3v) is 3.00. The second-order valence-electron chi connectivity index (χ2n) is 4.32. The second-order valence-corrected chi connectivity index (χ2v) is 4.32. The molecule has 0 fully saturated rings. The molecule has 0 spiro atoms. The lowest BCUT2D eigenvalue weighted by atomic mass is 9.97. The fraction of sp³-hybridized carbons (Fsp3) is 0.385. The van der Waals surface area contributed by atoms with Crippen LogP contribution in [0.2, 0.25) is 0 Å². The molecule has 2 rings (SSSR count). The molecular weight excluding hydrogens is 212 g/mol. The molecule has 1 aliphatic carbocycles. The van der Waals surface area contributed by atoms with Crippen molar-refractivity contribution in [3.05, 3.63) is 22.9 Å². The molecule has 0 saturated carbocycles. The quantitative estimate of drug-likeness (QED) is 0.763. The van der Waals surface area contributed by atoms with E-state index in [1.54, 1.807) is 0 Å². The largest absolute Gasteiger partial charge is 0.382 e. The van der Waals surface area contributed by atoms with Gasteiger partial charge in [0.1, 0.15) is 11.5 Å². The summed E-state index contributed by atoms with van der Waals surface area (Å²) in [6.45, 7) is 4.37. The first-order valence-corrected chi connectivity index (χ1v) is 5.83. The van der Waals surface area contributed by atoms with Crippen LogP contribution in [-0.2, 0) is 6.42 Å². The van der Waals surface area contributed by atoms with Crippen LogP contribution in [0, 0.1) is 6.92 Å². The molecule has 0 amide bonds. The Labute approximate surface area is 101 Å². The van der Waals surface area contributed by atoms with E-state index in [0.717, 1.165) is 41.1 Å². The summed E-state index contributed by atoms with van der Waals surface area (Å²) < 4.78 is 0. The maximum Gasteiger partial charge on any atom is 0.149 e. The summed E-state index contributed by atoms with van der Waals surface area (Å²) in [7, 11) is 0. The van der Waals surface area contributed by atoms with Crippen LogP contribution in [0.1, 0.15) is 30.2 Å². The number of hydrogen-bond acceptors (Lipinski definition) is 4. The normalized spacial score (nSPS) is 14.9. The van der Waals surface area contributed by atoms with Gasteiger partial charge in [-0.25, -0.2) is 4.98 Å². The minimum Gasteiger partial charge on any atom is -0.382 e. The zero-order valence-electron chi connectivity index (χ0n) is 10.3. The van der Waals surface area contributed by atoms with Gasteiger partial charge in [0.15, 0.2) is 0 Å². The molecular formula is C13H18N4. The Kier molecular flexibility index (Phi) is 3.24. The average molecular weight is 230 g/mol. The van der Waals surface area contributed by atoms with Crippen molar-refractivity contribution >= 4 is 23.3 Å². The molecule has 1 aliphatic rings. The molecule has 4 heteroatoms. The Morgan fingerprint density at radius 1 is 1.53 bits per heavy atom. The van der Waals surface area contributed by atoms with Gasteiger partial charge >= 0.3 is 0 Å². The number of allylic oxidation sites excluding steroid dienone is 1. The number of hydrogen-bond donors (Lipinski definition) is 2. The Morgan fingerprint density at radius 3 is 3.00 bits per heavy atom. The van der Waals surface area contributed by atoms with E-state index >= 15 is 0 Å². The van der Waals surface area contributed by atoms with Crippen molar-refractivity contribution in [2.75, 3.05) is 12.3 Å². The predicted molar refractivity (Wildman–Crippen MR) is 72.6 cm³/mol. The number of aliphatic imine (C=N–C) groups is 1. The van der Waals surface area contributed by atoms with Crippen molar-refractivity contribution < 1.29 is 0 Å². The molecule has 1 aromatic rings. The first-order valence-electron chi connectivity index (χ1n) is 5.83. The molecule has 0 radical (unpaired) electrons. The molecule has 1 aromatic heterocycles. The van der Waals surface area contributed by atoms with Crippen molar-refractivity contribution in [2.24, 2.45) is 10.7 Å². The molecule has 0 atom stereocenters. The zero-order chi connectivity index (χ0) is 12.4. The number of anilines is 1. The van der Waals surface area contributed by atoms with Crippen LogP contribution in [0.15, 0.2) is 11.1 Å². The number of aryl methyl sites for hydroxylation is 1. The fourth-order valence-corrected chi connectivity index (χ4v) is 2.01. The highest BCUT2D eigenvalue weighted by Gasteiger charge is 2.15. The lowest BCUT2D eigenvalue weighted by Crippen LogP contribution is -2.10. The third-order valence-electron chi connectivity index (χ3n) is 3.00. The van der Waals surface area contributed by atoms with Crippen LogP contribution in [0.5, 0.6) is 0 Å². The van der Waals surface area contributed by atoms with Gasteiger partial charge in [0, 0.05) is 17.8 Å². The van der Waals surface area contributed by atoms with Gasteiger partial charge in [-0.1, -0.05) is 12.2 Å². The molecule has 0 aliphatic heterocycles. The molecule has 17 heavy (non-hydrogen) atoms. The van der Waals surface area contributed by atoms with Gasteiger partial charge in [0.05, 0.1) is 5.69 Å². The summed E-state index contributed by atoms with van der Waals surface area (Å²) >= 11 is 0. The van der Waals surface area contributed by atoms with Crippen molar-refractivity contribution in [3.63, 3.8) is 0 Å². The van der Waals surface area contributed by atoms with Crippen LogP contribution in [0.4, 0.5) is 11.5 Å². The van der Waals surface area contributed by atoms with Gasteiger partial charge in [0.2, 0.25) is 0 Å². The molecule has 0 aromatic carbocycles. The van der Waals surface area contributed by atoms with Crippen molar-refractivity contribution in [1.29, 1.82) is 0 Å². The number of aromatic nitrogens is 1. The van der Waals surface area contributed by atoms with E-state index in [1.807, 2.05) is 13.8 Å². The number of nitrogens with zero attached hydrogens (tertiary/aromatic N) is 2. The van der Waals surface area contributed by atoms with Gasteiger partial charge in [-0.3, -0.25) is 4.99 Å². The summed E-state index contributed by atoms with van der Waals surface area (Å²) in [5.41, 5.74) is 16.5. The van der Waals surface area contributed by atoms with E-state index in [2.05, 4.69) is 22.1 Å². The SMILES string of the molecule is CC(CN)=Nc1c(N)nc2c(c1C)C=CCC2. The highest BCUT2D eigenvalue weighted by atomic mass is 14.9. The molecule has 0 saturated heterocycles. The van der Waals surface area contributed by atoms with E-state index in [-0.39, 0.29) is 0 Å². The lowest BCUT2D eigenvalue weighted by Gasteiger charge is -2.15. The molecule has 1 heterocycles. The van der Waals surface area contributed by atoms with Crippen LogP contribution >= 0.6 is 0 Å². The molecule has 90 valence electrons. The number of pyridine rings is 1. The van der Waals surface area contributed by atoms with Crippen LogP contribution < -0.4 is 11.5 Å². The molecule has 0 bridgehead atoms. The van der Waals surface area contributed by atoms with E-state index in [9.17, 15) is 0 Å². The smallest absolute Gasteiger partial charge is 0.149 e. The van der Waals surface area contributed by atoms with Gasteiger partial charge in [-0.05, 0) is 32.3 Å². The minimum atomic E-state index is 0.436. The molecule has 4 nitrogen and oxygen atoms in total. The van der Waals surface area contributed by atoms with Crippen molar-refractivity contribution in [3.8, 4) is 0 Å². The highest BCUT2D eigenvalue weighted by Crippen LogP contribution is 2.32. The molecule has 0 unspecified atom stereocenters. The second kappa shape index (κ2) is 4.67. The number of nitrogens with two attached hydrogens (primary N) is 2. The highest BCUT2D eigenvalue weighted by molar-refractivity contribution is 5.88. The summed E-state index contributed by atoms with van der Waals surface area (Å²) in [6.07, 6.45) is 6.26. The average Bonchev–Trinajstić information content (AvgIpc) is 2.34. The van der Waals surface area contributed by atoms with Crippen LogP contribution in [-0.4, -0.2) is 17.2 Å². The van der Waals surface area contributed by atoms with E-state index in [1.165, 1.54) is 0 Å². The zero-order valence-corrected chi connectivity index (χ0v) is 10.3. The first kappa shape index (κ1) is 11.8. The van der Waals surface area contributed by atoms with Gasteiger partial charge in [-0.2, -0.15) is 0 Å². The Hall–Kier alpha value is -1.68. The number of nitrogen functional groups attached to an aromatic ring is 1. The van der Waals surface area contributed by atoms with Crippen LogP contribution in [0.3, 0.4) is 0 Å². The summed E-state index contributed by atoms with van der Waals surface area (Å²) in [6, 6.07) is 0. The fourth-order valence-electron chi connectivity index (χ4n) is 2.01. The van der Waals surface area contributed by atoms with Gasteiger partial charge in [-0.15, -0.1) is 0 Å². The topological polar surface area (TPSA) is 77.3 Å². The summed E-state index contributed by atoms with van der Waals surface area (Å²) in [4.78, 5) is 8.90. The molecule has 4 N–H and O–H groups in total. The van der Waals surface area contributed by atoms with Gasteiger partial charge < -0.3 is 11.5 Å². The van der Waals surface area contributed by atoms with Crippen LogP contribution in [0.25, 0.3) is 6.08 Å². The monoisotopic (exact) mass is 230 g/mol. The third kappa shape index (κ3) is 2.22. The van der Waals surface area contributed by atoms with E-state index < -0.39 is 0 Å². The summed E-state index contributed by atoms with van der Waals surface area (Å²) in [5, 5.41) is 0. The number of rotatable bonds is 2. The predicted octanol–water partition coefficient (Wildman–Crippen LogP) is 1.98. The summed E-state index contributed by atoms with van der Waals surface area (Å²) in [5.74, 6) is 0.504. The standard InChI is InChI=1S/C13H18N4/c1-8(7-14)16-12-9(2)10-5-3-4-6-11(10)17-13(12)15/h3,5H,4,6-7,14H2,1-2H3,(H2,15,17). The maximum absolute atomic E-state index is 5.97. The van der Waals surface area contributed by atoms with E-state index in [4.69, 9.17) is 11.5 Å². The Morgan fingerprint density at radius 2 is 2.29 bits per heavy atom. The Balaban J connectivity index is 2.58. The first-order chi connectivity index (χ1) is 8.13. The Bertz CT molecular complexity index is 501. The van der Waals surface area contributed by atoms with E-state index in [0.29, 0.717) is 12.4 Å². The minimum absolute atomic E-state index is 0.436. The maximum atomic E-state index is 5.97. The number of fused-ring (bicyclic) bond motifs is 1. The van der Waals surface area contributed by atoms with Crippen molar-refractivity contribution in [2.45, 2.75) is 26.7 Å². The van der Waals surface area contributed by atoms with Crippen molar-refractivity contribution in [1.82, 2.24) is 4.98 Å². The lowest BCUT2D eigenvalue weighted by molar-refractivity contribution is 0.925.